The Balaban J connectivity index is 2.08. The van der Waals surface area contributed by atoms with Crippen LogP contribution in [-0.4, -0.2) is 26.0 Å². The second-order valence-electron chi connectivity index (χ2n) is 4.74. The third kappa shape index (κ3) is 2.74. The summed E-state index contributed by atoms with van der Waals surface area (Å²) in [5.74, 6) is 0.522. The first-order valence-electron chi connectivity index (χ1n) is 5.90. The normalized spacial score (nSPS) is 18.7. The van der Waals surface area contributed by atoms with Gasteiger partial charge in [0.25, 0.3) is 0 Å². The molecule has 1 saturated carbocycles. The second kappa shape index (κ2) is 4.60. The van der Waals surface area contributed by atoms with E-state index in [1.165, 1.54) is 11.5 Å². The van der Waals surface area contributed by atoms with Crippen molar-refractivity contribution in [3.63, 3.8) is 0 Å². The van der Waals surface area contributed by atoms with Crippen molar-refractivity contribution < 1.29 is 9.90 Å². The molecule has 17 heavy (non-hydrogen) atoms. The Morgan fingerprint density at radius 2 is 2.35 bits per heavy atom. The van der Waals surface area contributed by atoms with Crippen molar-refractivity contribution in [3.05, 3.63) is 5.82 Å². The van der Waals surface area contributed by atoms with Gasteiger partial charge in [0.15, 0.2) is 0 Å². The van der Waals surface area contributed by atoms with Gasteiger partial charge in [-0.05, 0) is 26.2 Å². The zero-order valence-electron chi connectivity index (χ0n) is 10.1. The Labute approximate surface area is 104 Å². The van der Waals surface area contributed by atoms with Gasteiger partial charge in [-0.15, -0.1) is 0 Å². The summed E-state index contributed by atoms with van der Waals surface area (Å²) < 4.78 is 4.26. The summed E-state index contributed by atoms with van der Waals surface area (Å²) in [5.41, 5.74) is -0.949. The summed E-state index contributed by atoms with van der Waals surface area (Å²) in [5, 5.41) is 12.9. The van der Waals surface area contributed by atoms with Gasteiger partial charge in [0.05, 0.1) is 0 Å². The van der Waals surface area contributed by atoms with Crippen molar-refractivity contribution >= 4 is 22.6 Å². The maximum Gasteiger partial charge on any atom is 0.329 e. The van der Waals surface area contributed by atoms with Crippen molar-refractivity contribution in [1.29, 1.82) is 0 Å². The van der Waals surface area contributed by atoms with E-state index in [9.17, 15) is 9.90 Å². The summed E-state index contributed by atoms with van der Waals surface area (Å²) >= 11 is 1.25. The van der Waals surface area contributed by atoms with E-state index in [1.807, 2.05) is 6.92 Å². The Morgan fingerprint density at radius 1 is 1.65 bits per heavy atom. The van der Waals surface area contributed by atoms with E-state index in [0.29, 0.717) is 17.5 Å². The number of hydrogen-bond acceptors (Lipinski definition) is 5. The molecule has 1 aliphatic carbocycles. The van der Waals surface area contributed by atoms with Crippen LogP contribution in [0.4, 0.5) is 5.13 Å². The third-order valence-electron chi connectivity index (χ3n) is 2.99. The number of anilines is 1. The number of rotatable bonds is 6. The topological polar surface area (TPSA) is 75.1 Å². The number of aliphatic carboxylic acids is 1. The van der Waals surface area contributed by atoms with Crippen molar-refractivity contribution in [2.45, 2.75) is 51.0 Å². The maximum atomic E-state index is 11.3. The molecule has 1 unspecified atom stereocenters. The molecule has 1 aromatic rings. The van der Waals surface area contributed by atoms with Crippen LogP contribution in [0.5, 0.6) is 0 Å². The first kappa shape index (κ1) is 12.3. The number of carboxylic acids is 1. The number of aromatic nitrogens is 2. The zero-order valence-corrected chi connectivity index (χ0v) is 10.9. The summed E-state index contributed by atoms with van der Waals surface area (Å²) in [6.45, 7) is 3.66. The monoisotopic (exact) mass is 255 g/mol. The van der Waals surface area contributed by atoms with Crippen LogP contribution >= 0.6 is 11.5 Å². The molecule has 0 bridgehead atoms. The predicted molar refractivity (Wildman–Crippen MR) is 66.5 cm³/mol. The van der Waals surface area contributed by atoms with Gasteiger partial charge in [0.1, 0.15) is 11.4 Å². The van der Waals surface area contributed by atoms with Gasteiger partial charge in [0, 0.05) is 17.5 Å². The molecule has 0 saturated heterocycles. The van der Waals surface area contributed by atoms with Crippen molar-refractivity contribution in [2.75, 3.05) is 5.32 Å². The Bertz CT molecular complexity index is 417. The molecule has 2 rings (SSSR count). The van der Waals surface area contributed by atoms with E-state index in [-0.39, 0.29) is 0 Å². The maximum absolute atomic E-state index is 11.3. The zero-order chi connectivity index (χ0) is 12.5. The largest absolute Gasteiger partial charge is 0.480 e. The van der Waals surface area contributed by atoms with Crippen molar-refractivity contribution in [2.24, 2.45) is 0 Å². The summed E-state index contributed by atoms with van der Waals surface area (Å²) in [4.78, 5) is 15.6. The van der Waals surface area contributed by atoms with Gasteiger partial charge in [0.2, 0.25) is 5.13 Å². The average Bonchev–Trinajstić information content (AvgIpc) is 3.01. The fourth-order valence-electron chi connectivity index (χ4n) is 1.75. The Kier molecular flexibility index (Phi) is 3.33. The molecular formula is C11H17N3O2S. The quantitative estimate of drug-likeness (QED) is 0.816. The molecule has 1 aromatic heterocycles. The third-order valence-corrected chi connectivity index (χ3v) is 3.63. The van der Waals surface area contributed by atoms with Gasteiger partial charge < -0.3 is 10.4 Å². The number of carbonyl (C=O) groups is 1. The molecule has 6 heteroatoms. The van der Waals surface area contributed by atoms with E-state index in [0.717, 1.165) is 25.1 Å². The molecule has 0 radical (unpaired) electrons. The minimum absolute atomic E-state index is 0.504. The highest BCUT2D eigenvalue weighted by molar-refractivity contribution is 7.09. The smallest absolute Gasteiger partial charge is 0.329 e. The lowest BCUT2D eigenvalue weighted by Crippen LogP contribution is -2.43. The van der Waals surface area contributed by atoms with Crippen LogP contribution in [0.1, 0.15) is 51.3 Å². The standard InChI is InChI=1S/C11H17N3O2S/c1-3-6-11(2,9(15)16)13-10-12-8(14-17-10)7-4-5-7/h7H,3-6H2,1-2H3,(H,15,16)(H,12,13,14). The molecule has 1 heterocycles. The SMILES string of the molecule is CCCC(C)(Nc1nc(C2CC2)ns1)C(=O)O. The molecule has 2 N–H and O–H groups in total. The molecule has 0 amide bonds. The first-order valence-corrected chi connectivity index (χ1v) is 6.67. The van der Waals surface area contributed by atoms with E-state index < -0.39 is 11.5 Å². The van der Waals surface area contributed by atoms with Gasteiger partial charge in [-0.25, -0.2) is 9.78 Å². The highest BCUT2D eigenvalue weighted by Crippen LogP contribution is 2.39. The summed E-state index contributed by atoms with van der Waals surface area (Å²) in [6, 6.07) is 0. The molecule has 1 aliphatic rings. The van der Waals surface area contributed by atoms with E-state index in [4.69, 9.17) is 0 Å². The van der Waals surface area contributed by atoms with Crippen molar-refractivity contribution in [1.82, 2.24) is 9.36 Å². The Morgan fingerprint density at radius 3 is 2.88 bits per heavy atom. The Hall–Kier alpha value is -1.17. The van der Waals surface area contributed by atoms with Crippen LogP contribution in [-0.2, 0) is 4.79 Å². The fourth-order valence-corrected chi connectivity index (χ4v) is 2.53. The molecule has 0 spiro atoms. The molecule has 94 valence electrons. The van der Waals surface area contributed by atoms with E-state index in [1.54, 1.807) is 6.92 Å². The average molecular weight is 255 g/mol. The number of nitrogens with one attached hydrogen (secondary N) is 1. The summed E-state index contributed by atoms with van der Waals surface area (Å²) in [7, 11) is 0. The summed E-state index contributed by atoms with van der Waals surface area (Å²) in [6.07, 6.45) is 3.69. The van der Waals surface area contributed by atoms with E-state index >= 15 is 0 Å². The highest BCUT2D eigenvalue weighted by Gasteiger charge is 2.34. The molecule has 0 aliphatic heterocycles. The van der Waals surface area contributed by atoms with Crippen LogP contribution in [0.3, 0.4) is 0 Å². The van der Waals surface area contributed by atoms with Crippen LogP contribution in [0.2, 0.25) is 0 Å². The van der Waals surface area contributed by atoms with Gasteiger partial charge in [-0.1, -0.05) is 13.3 Å². The lowest BCUT2D eigenvalue weighted by molar-refractivity contribution is -0.141. The fraction of sp³-hybridized carbons (Fsp3) is 0.727. The molecule has 0 aromatic carbocycles. The highest BCUT2D eigenvalue weighted by atomic mass is 32.1. The molecule has 1 atom stereocenters. The van der Waals surface area contributed by atoms with Crippen LogP contribution < -0.4 is 5.32 Å². The number of hydrogen-bond donors (Lipinski definition) is 2. The van der Waals surface area contributed by atoms with Crippen LogP contribution in [0, 0.1) is 0 Å². The lowest BCUT2D eigenvalue weighted by Gasteiger charge is -2.24. The minimum atomic E-state index is -0.949. The van der Waals surface area contributed by atoms with Crippen LogP contribution in [0.15, 0.2) is 0 Å². The molecule has 1 fully saturated rings. The lowest BCUT2D eigenvalue weighted by atomic mass is 9.97. The molecule has 5 nitrogen and oxygen atoms in total. The van der Waals surface area contributed by atoms with Gasteiger partial charge in [-0.2, -0.15) is 4.37 Å². The number of carboxylic acid groups (broad SMARTS) is 1. The van der Waals surface area contributed by atoms with Crippen molar-refractivity contribution in [3.8, 4) is 0 Å². The predicted octanol–water partition coefficient (Wildman–Crippen LogP) is 2.47. The van der Waals surface area contributed by atoms with Gasteiger partial charge in [-0.3, -0.25) is 0 Å². The first-order chi connectivity index (χ1) is 8.05. The van der Waals surface area contributed by atoms with Gasteiger partial charge >= 0.3 is 5.97 Å². The van der Waals surface area contributed by atoms with Crippen LogP contribution in [0.25, 0.3) is 0 Å². The number of nitrogens with zero attached hydrogens (tertiary/aromatic N) is 2. The van der Waals surface area contributed by atoms with E-state index in [2.05, 4.69) is 14.7 Å². The minimum Gasteiger partial charge on any atom is -0.480 e. The second-order valence-corrected chi connectivity index (χ2v) is 5.50. The molecular weight excluding hydrogens is 238 g/mol.